The number of rotatable bonds is 3. The van der Waals surface area contributed by atoms with Crippen LogP contribution in [0.2, 0.25) is 0 Å². The van der Waals surface area contributed by atoms with E-state index in [1.807, 2.05) is 25.2 Å². The minimum absolute atomic E-state index is 0.00442. The highest BCUT2D eigenvalue weighted by Gasteiger charge is 2.45. The molecule has 3 rings (SSSR count). The minimum Gasteiger partial charge on any atom is -0.339 e. The number of halogens is 1. The molecule has 2 saturated heterocycles. The van der Waals surface area contributed by atoms with Crippen molar-refractivity contribution in [3.63, 3.8) is 0 Å². The maximum absolute atomic E-state index is 13.2. The summed E-state index contributed by atoms with van der Waals surface area (Å²) < 4.78 is 13.2. The second-order valence-electron chi connectivity index (χ2n) is 6.41. The molecule has 2 atom stereocenters. The number of carbonyl (C=O) groups excluding carboxylic acids is 2. The molecule has 2 aliphatic heterocycles. The monoisotopic (exact) mass is 316 g/mol. The standard InChI is InChI=1S/C18H21FN2O2/c1-12(19)17(22)21-14-8-9-15(21)11-16(10-14)20(2)18(23)13-6-4-3-5-7-13/h3-7,14-16H,1,8-11H2,2H3. The molecule has 4 nitrogen and oxygen atoms in total. The molecular formula is C18H21FN2O2. The summed E-state index contributed by atoms with van der Waals surface area (Å²) in [6.45, 7) is 3.13. The van der Waals surface area contributed by atoms with Crippen LogP contribution in [0.3, 0.4) is 0 Å². The zero-order valence-corrected chi connectivity index (χ0v) is 13.2. The molecule has 2 aliphatic rings. The van der Waals surface area contributed by atoms with Crippen LogP contribution in [0.4, 0.5) is 4.39 Å². The SMILES string of the molecule is C=C(F)C(=O)N1C2CCC1CC(N(C)C(=O)c1ccccc1)C2. The molecule has 0 radical (unpaired) electrons. The Balaban J connectivity index is 1.72. The fourth-order valence-corrected chi connectivity index (χ4v) is 3.89. The first-order valence-corrected chi connectivity index (χ1v) is 7.98. The van der Waals surface area contributed by atoms with Crippen molar-refractivity contribution in [2.75, 3.05) is 7.05 Å². The number of nitrogens with zero attached hydrogens (tertiary/aromatic N) is 2. The van der Waals surface area contributed by atoms with Crippen molar-refractivity contribution < 1.29 is 14.0 Å². The molecule has 2 unspecified atom stereocenters. The average Bonchev–Trinajstić information content (AvgIpc) is 2.82. The molecule has 122 valence electrons. The van der Waals surface area contributed by atoms with E-state index in [1.54, 1.807) is 21.9 Å². The largest absolute Gasteiger partial charge is 0.339 e. The van der Waals surface area contributed by atoms with E-state index >= 15 is 0 Å². The molecule has 1 aromatic rings. The quantitative estimate of drug-likeness (QED) is 0.805. The topological polar surface area (TPSA) is 40.6 Å². The zero-order valence-electron chi connectivity index (χ0n) is 13.2. The number of piperidine rings is 1. The number of amides is 2. The van der Waals surface area contributed by atoms with Crippen LogP contribution >= 0.6 is 0 Å². The lowest BCUT2D eigenvalue weighted by Crippen LogP contribution is -2.52. The van der Waals surface area contributed by atoms with Crippen LogP contribution in [0.5, 0.6) is 0 Å². The second-order valence-corrected chi connectivity index (χ2v) is 6.41. The molecule has 0 saturated carbocycles. The molecule has 2 bridgehead atoms. The number of fused-ring (bicyclic) bond motifs is 2. The Morgan fingerprint density at radius 2 is 1.74 bits per heavy atom. The molecule has 2 fully saturated rings. The van der Waals surface area contributed by atoms with E-state index in [1.165, 1.54) is 0 Å². The Bertz CT molecular complexity index is 617. The fourth-order valence-electron chi connectivity index (χ4n) is 3.89. The summed E-state index contributed by atoms with van der Waals surface area (Å²) in [6, 6.07) is 9.27. The van der Waals surface area contributed by atoms with Gasteiger partial charge in [0, 0.05) is 30.7 Å². The van der Waals surface area contributed by atoms with Crippen molar-refractivity contribution in [3.05, 3.63) is 48.3 Å². The summed E-state index contributed by atoms with van der Waals surface area (Å²) in [5, 5.41) is 0. The van der Waals surface area contributed by atoms with E-state index in [9.17, 15) is 14.0 Å². The molecular weight excluding hydrogens is 295 g/mol. The van der Waals surface area contributed by atoms with Gasteiger partial charge in [-0.3, -0.25) is 9.59 Å². The molecule has 0 N–H and O–H groups in total. The lowest BCUT2D eigenvalue weighted by molar-refractivity contribution is -0.133. The Kier molecular flexibility index (Phi) is 4.20. The van der Waals surface area contributed by atoms with Crippen LogP contribution in [0.25, 0.3) is 0 Å². The van der Waals surface area contributed by atoms with Gasteiger partial charge in [0.25, 0.3) is 11.8 Å². The number of benzene rings is 1. The summed E-state index contributed by atoms with van der Waals surface area (Å²) in [5.74, 6) is -1.49. The summed E-state index contributed by atoms with van der Waals surface area (Å²) in [5.41, 5.74) is 0.665. The first-order valence-electron chi connectivity index (χ1n) is 7.98. The summed E-state index contributed by atoms with van der Waals surface area (Å²) in [6.07, 6.45) is 3.14. The first kappa shape index (κ1) is 15.7. The van der Waals surface area contributed by atoms with E-state index in [-0.39, 0.29) is 24.0 Å². The van der Waals surface area contributed by atoms with Crippen LogP contribution in [0.15, 0.2) is 42.7 Å². The fraction of sp³-hybridized carbons (Fsp3) is 0.444. The van der Waals surface area contributed by atoms with Crippen molar-refractivity contribution in [1.29, 1.82) is 0 Å². The van der Waals surface area contributed by atoms with E-state index in [0.717, 1.165) is 12.8 Å². The molecule has 1 aromatic carbocycles. The Morgan fingerprint density at radius 1 is 1.17 bits per heavy atom. The molecule has 0 aliphatic carbocycles. The van der Waals surface area contributed by atoms with Gasteiger partial charge < -0.3 is 9.80 Å². The third-order valence-corrected chi connectivity index (χ3v) is 5.06. The van der Waals surface area contributed by atoms with Crippen molar-refractivity contribution >= 4 is 11.8 Å². The average molecular weight is 316 g/mol. The Hall–Kier alpha value is -2.17. The normalized spacial score (nSPS) is 26.0. The molecule has 5 heteroatoms. The van der Waals surface area contributed by atoms with Gasteiger partial charge in [0.05, 0.1) is 0 Å². The van der Waals surface area contributed by atoms with Crippen molar-refractivity contribution in [2.45, 2.75) is 43.8 Å². The van der Waals surface area contributed by atoms with Gasteiger partial charge >= 0.3 is 0 Å². The highest BCUT2D eigenvalue weighted by Crippen LogP contribution is 2.38. The lowest BCUT2D eigenvalue weighted by atomic mass is 9.95. The lowest BCUT2D eigenvalue weighted by Gasteiger charge is -2.42. The third-order valence-electron chi connectivity index (χ3n) is 5.06. The Labute approximate surface area is 135 Å². The van der Waals surface area contributed by atoms with Gasteiger partial charge in [0.15, 0.2) is 5.83 Å². The zero-order chi connectivity index (χ0) is 16.6. The highest BCUT2D eigenvalue weighted by atomic mass is 19.1. The van der Waals surface area contributed by atoms with Crippen molar-refractivity contribution in [2.24, 2.45) is 0 Å². The van der Waals surface area contributed by atoms with Crippen LogP contribution < -0.4 is 0 Å². The molecule has 2 amide bonds. The molecule has 2 heterocycles. The summed E-state index contributed by atoms with van der Waals surface area (Å²) in [7, 11) is 1.81. The number of hydrogen-bond acceptors (Lipinski definition) is 2. The van der Waals surface area contributed by atoms with Crippen LogP contribution in [-0.2, 0) is 4.79 Å². The van der Waals surface area contributed by atoms with Gasteiger partial charge in [-0.05, 0) is 37.8 Å². The van der Waals surface area contributed by atoms with Gasteiger partial charge in [-0.25, -0.2) is 4.39 Å². The van der Waals surface area contributed by atoms with Gasteiger partial charge in [0.2, 0.25) is 0 Å². The maximum atomic E-state index is 13.2. The highest BCUT2D eigenvalue weighted by molar-refractivity contribution is 5.94. The second kappa shape index (κ2) is 6.14. The summed E-state index contributed by atoms with van der Waals surface area (Å²) >= 11 is 0. The smallest absolute Gasteiger partial charge is 0.282 e. The van der Waals surface area contributed by atoms with Gasteiger partial charge in [-0.15, -0.1) is 0 Å². The van der Waals surface area contributed by atoms with E-state index in [0.29, 0.717) is 18.4 Å². The van der Waals surface area contributed by atoms with E-state index < -0.39 is 11.7 Å². The van der Waals surface area contributed by atoms with Gasteiger partial charge in [0.1, 0.15) is 0 Å². The summed E-state index contributed by atoms with van der Waals surface area (Å²) in [4.78, 5) is 27.9. The maximum Gasteiger partial charge on any atom is 0.282 e. The van der Waals surface area contributed by atoms with Crippen LogP contribution in [-0.4, -0.2) is 46.8 Å². The predicted molar refractivity (Wildman–Crippen MR) is 85.5 cm³/mol. The molecule has 0 aromatic heterocycles. The molecule has 23 heavy (non-hydrogen) atoms. The van der Waals surface area contributed by atoms with Crippen LogP contribution in [0.1, 0.15) is 36.0 Å². The molecule has 0 spiro atoms. The minimum atomic E-state index is -0.894. The Morgan fingerprint density at radius 3 is 2.26 bits per heavy atom. The van der Waals surface area contributed by atoms with Crippen molar-refractivity contribution in [3.8, 4) is 0 Å². The third kappa shape index (κ3) is 2.87. The number of hydrogen-bond donors (Lipinski definition) is 0. The van der Waals surface area contributed by atoms with Gasteiger partial charge in [-0.1, -0.05) is 24.8 Å². The first-order chi connectivity index (χ1) is 11.0. The van der Waals surface area contributed by atoms with Gasteiger partial charge in [-0.2, -0.15) is 0 Å². The predicted octanol–water partition coefficient (Wildman–Crippen LogP) is 2.76. The van der Waals surface area contributed by atoms with E-state index in [2.05, 4.69) is 6.58 Å². The van der Waals surface area contributed by atoms with Crippen LogP contribution in [0, 0.1) is 0 Å². The number of carbonyl (C=O) groups is 2. The van der Waals surface area contributed by atoms with Crippen molar-refractivity contribution in [1.82, 2.24) is 9.80 Å². The van der Waals surface area contributed by atoms with E-state index in [4.69, 9.17) is 0 Å².